The Balaban J connectivity index is 0.00000129. The molecule has 6 nitrogen and oxygen atoms in total. The van der Waals surface area contributed by atoms with Crippen molar-refractivity contribution in [3.63, 3.8) is 0 Å². The summed E-state index contributed by atoms with van der Waals surface area (Å²) < 4.78 is 0. The maximum absolute atomic E-state index is 12.8. The molecule has 1 saturated heterocycles. The third kappa shape index (κ3) is 8.49. The summed E-state index contributed by atoms with van der Waals surface area (Å²) in [4.78, 5) is 32.2. The molecule has 3 rings (SSSR count). The molecule has 0 spiro atoms. The zero-order chi connectivity index (χ0) is 23.8. The molecular weight excluding hydrogens is 659 g/mol. The van der Waals surface area contributed by atoms with E-state index in [1.54, 1.807) is 11.3 Å². The Kier molecular flexibility index (Phi) is 12.8. The Bertz CT molecular complexity index is 885. The van der Waals surface area contributed by atoms with Gasteiger partial charge in [0.15, 0.2) is 5.91 Å². The van der Waals surface area contributed by atoms with Gasteiger partial charge >= 0.3 is 0 Å². The van der Waals surface area contributed by atoms with Gasteiger partial charge in [-0.2, -0.15) is 27.7 Å². The number of hydrogen-bond acceptors (Lipinski definition) is 5. The fourth-order valence-electron chi connectivity index (χ4n) is 3.64. The van der Waals surface area contributed by atoms with Crippen molar-refractivity contribution >= 4 is 23.2 Å². The first-order chi connectivity index (χ1) is 15.2. The van der Waals surface area contributed by atoms with Crippen LogP contribution in [0.5, 0.6) is 0 Å². The maximum atomic E-state index is 12.8. The van der Waals surface area contributed by atoms with E-state index in [0.717, 1.165) is 27.6 Å². The number of amides is 2. The number of aliphatic hydroxyl groups is 1. The van der Waals surface area contributed by atoms with E-state index in [0.29, 0.717) is 6.42 Å². The third-order valence-corrected chi connectivity index (χ3v) is 6.16. The molecule has 1 aliphatic heterocycles. The number of carbonyl (C=O) groups is 2. The summed E-state index contributed by atoms with van der Waals surface area (Å²) in [5.74, 6) is 0.650. The van der Waals surface area contributed by atoms with Crippen molar-refractivity contribution in [2.24, 2.45) is 0 Å². The van der Waals surface area contributed by atoms with E-state index in [4.69, 9.17) is 0 Å². The molecule has 1 aromatic heterocycles. The Morgan fingerprint density at radius 3 is 2.42 bits per heavy atom. The molecule has 2 heterocycles. The van der Waals surface area contributed by atoms with Crippen LogP contribution in [0.25, 0.3) is 10.4 Å². The Labute approximate surface area is 224 Å². The van der Waals surface area contributed by atoms with E-state index in [1.807, 2.05) is 77.7 Å². The number of nitrogens with zero attached hydrogens (tertiary/aromatic N) is 2. The third-order valence-electron chi connectivity index (χ3n) is 5.18. The maximum Gasteiger partial charge on any atom is 0.243 e. The molecule has 2 amide bonds. The van der Waals surface area contributed by atoms with Crippen LogP contribution in [-0.2, 0) is 9.59 Å². The van der Waals surface area contributed by atoms with Gasteiger partial charge in [-0.15, -0.1) is 11.3 Å². The SMILES string of the molecule is C[CH-]C.Cc1ncsc1-c1ccc([C@H](C)NC(=O)[C@@H]2C[C@@H](O)CN2C(=O)C[C-](C)C)cc1.[Np]. The minimum atomic E-state index is -0.663. The van der Waals surface area contributed by atoms with E-state index in [1.165, 1.54) is 4.90 Å². The van der Waals surface area contributed by atoms with Crippen LogP contribution in [0, 0.1) is 49.2 Å². The van der Waals surface area contributed by atoms with E-state index in [9.17, 15) is 14.7 Å². The summed E-state index contributed by atoms with van der Waals surface area (Å²) >= 11 is 1.61. The average molecular weight is 695 g/mol. The number of nitrogens with one attached hydrogen (secondary N) is 1. The molecule has 0 saturated carbocycles. The number of hydrogen-bond donors (Lipinski definition) is 2. The van der Waals surface area contributed by atoms with Gasteiger partial charge in [0, 0.05) is 42.9 Å². The number of benzene rings is 1. The van der Waals surface area contributed by atoms with Crippen LogP contribution in [0.4, 0.5) is 0 Å². The fraction of sp³-hybridized carbons (Fsp3) is 0.480. The largest absolute Gasteiger partial charge is 0.391 e. The quantitative estimate of drug-likeness (QED) is 0.437. The number of rotatable bonds is 6. The molecule has 181 valence electrons. The molecule has 33 heavy (non-hydrogen) atoms. The van der Waals surface area contributed by atoms with Crippen molar-refractivity contribution in [3.05, 3.63) is 53.4 Å². The van der Waals surface area contributed by atoms with E-state index < -0.39 is 12.1 Å². The van der Waals surface area contributed by atoms with Gasteiger partial charge in [0.1, 0.15) is 6.04 Å². The second kappa shape index (κ2) is 14.2. The molecule has 1 aromatic carbocycles. The van der Waals surface area contributed by atoms with E-state index >= 15 is 0 Å². The van der Waals surface area contributed by atoms with Crippen LogP contribution in [0.2, 0.25) is 0 Å². The molecule has 3 atom stereocenters. The zero-order valence-corrected chi connectivity index (χ0v) is 24.9. The summed E-state index contributed by atoms with van der Waals surface area (Å²) in [6.07, 6.45) is 1.91. The van der Waals surface area contributed by atoms with E-state index in [-0.39, 0.29) is 60.8 Å². The Hall–Kier alpha value is -1.24. The van der Waals surface area contributed by atoms with Gasteiger partial charge in [-0.05, 0) is 25.0 Å². The van der Waals surface area contributed by atoms with Crippen molar-refractivity contribution in [3.8, 4) is 10.4 Å². The molecule has 0 unspecified atom stereocenters. The molecule has 1 aliphatic rings. The second-order valence-electron chi connectivity index (χ2n) is 8.53. The number of thiazole rings is 1. The minimum Gasteiger partial charge on any atom is -0.391 e. The number of aromatic nitrogens is 1. The first-order valence-electron chi connectivity index (χ1n) is 11.0. The second-order valence-corrected chi connectivity index (χ2v) is 9.39. The summed E-state index contributed by atoms with van der Waals surface area (Å²) in [6.45, 7) is 11.9. The van der Waals surface area contributed by atoms with Gasteiger partial charge in [-0.25, -0.2) is 4.98 Å². The van der Waals surface area contributed by atoms with E-state index in [2.05, 4.69) is 10.3 Å². The van der Waals surface area contributed by atoms with Gasteiger partial charge in [0.2, 0.25) is 5.91 Å². The minimum absolute atomic E-state index is 0. The standard InChI is InChI=1S/C22H28N3O3S.C3H7.Np/c1-13(2)9-20(27)25-11-18(26)10-19(25)22(28)24-14(3)16-5-7-17(8-6-16)21-15(4)23-12-29-21;1-3-2;/h5-8,12,14,18-19,26H,9-11H2,1-4H3,(H,24,28);3H,1-2H3;/q2*-1;/t14-,18+,19-;;/m0../s1. The van der Waals surface area contributed by atoms with Crippen LogP contribution in [-0.4, -0.2) is 45.5 Å². The average Bonchev–Trinajstić information content (AvgIpc) is 3.34. The molecule has 2 N–H and O–H groups in total. The van der Waals surface area contributed by atoms with Gasteiger partial charge in [-0.1, -0.05) is 30.7 Å². The monoisotopic (exact) mass is 693 g/mol. The fourth-order valence-corrected chi connectivity index (χ4v) is 4.45. The Morgan fingerprint density at radius 1 is 1.30 bits per heavy atom. The van der Waals surface area contributed by atoms with Crippen LogP contribution in [0.1, 0.15) is 64.8 Å². The van der Waals surface area contributed by atoms with Gasteiger partial charge in [0.05, 0.1) is 28.2 Å². The number of aryl methyl sites for hydroxylation is 1. The normalized spacial score (nSPS) is 18.2. The Morgan fingerprint density at radius 2 is 1.91 bits per heavy atom. The van der Waals surface area contributed by atoms with Crippen molar-refractivity contribution < 1.29 is 44.6 Å². The van der Waals surface area contributed by atoms with Crippen LogP contribution in [0.15, 0.2) is 29.8 Å². The topological polar surface area (TPSA) is 82.5 Å². The van der Waals surface area contributed by atoms with Gasteiger partial charge in [-0.3, -0.25) is 9.59 Å². The molecule has 0 aliphatic carbocycles. The number of carbonyl (C=O) groups excluding carboxylic acids is 2. The summed E-state index contributed by atoms with van der Waals surface area (Å²) in [5, 5.41) is 13.0. The molecule has 0 bridgehead atoms. The van der Waals surface area contributed by atoms with Crippen LogP contribution < -0.4 is 5.32 Å². The summed E-state index contributed by atoms with van der Waals surface area (Å²) in [6, 6.07) is 7.25. The number of likely N-dealkylation sites (tertiary alicyclic amines) is 1. The van der Waals surface area contributed by atoms with Crippen molar-refractivity contribution in [1.82, 2.24) is 15.2 Å². The van der Waals surface area contributed by atoms with Crippen LogP contribution in [0.3, 0.4) is 0 Å². The summed E-state index contributed by atoms with van der Waals surface area (Å²) in [7, 11) is 0. The van der Waals surface area contributed by atoms with Crippen LogP contribution >= 0.6 is 11.3 Å². The van der Waals surface area contributed by atoms with Crippen molar-refractivity contribution in [1.29, 1.82) is 0 Å². The first-order valence-corrected chi connectivity index (χ1v) is 11.9. The summed E-state index contributed by atoms with van der Waals surface area (Å²) in [5.41, 5.74) is 4.93. The number of aliphatic hydroxyl groups excluding tert-OH is 1. The van der Waals surface area contributed by atoms with Crippen molar-refractivity contribution in [2.75, 3.05) is 6.54 Å². The molecule has 2 aromatic rings. The smallest absolute Gasteiger partial charge is 0.243 e. The number of β-amino-alcohol motifs (C(OH)–C–C–N with tert-alkyl or cyclic N) is 1. The molecular formula is C25H35N3NpO3S-2. The molecule has 1 fully saturated rings. The van der Waals surface area contributed by atoms with Gasteiger partial charge < -0.3 is 27.7 Å². The zero-order valence-electron chi connectivity index (χ0n) is 20.3. The predicted molar refractivity (Wildman–Crippen MR) is 130 cm³/mol. The predicted octanol–water partition coefficient (Wildman–Crippen LogP) is 4.49. The van der Waals surface area contributed by atoms with Crippen molar-refractivity contribution in [2.45, 2.75) is 72.6 Å². The molecule has 8 heteroatoms. The first kappa shape index (κ1) is 29.8. The molecule has 1 radical (unpaired) electrons. The van der Waals surface area contributed by atoms with Gasteiger partial charge in [0.25, 0.3) is 0 Å².